The van der Waals surface area contributed by atoms with E-state index in [-0.39, 0.29) is 13.2 Å². The Morgan fingerprint density at radius 2 is 1.00 bits per heavy atom. The molecule has 21 heteroatoms. The van der Waals surface area contributed by atoms with Crippen LogP contribution in [-0.2, 0) is 42.6 Å². The molecule has 2 heterocycles. The standard InChI is InChI=1S/C58H76BF2I2N3O13/c1-43-55(62)50(19-10-45-8-15-48(16-9-45)76-23-22-65(3)4)64-57(43)54(47-13-17-49(18-14-47)77-39-36-73-33-30-70-27-24-67-5)58-44(2)56(63)51(66(58)59(60)61)20-11-46-12-21-52(78-40-37-74-34-31-71-28-25-68-6)53(42-46)79-41-38-75-35-32-72-29-26-69-7/h8-21,42H,22-41H2,1-7H3/b19-10+,20-11+,57-54-. The minimum absolute atomic E-state index is 0.225. The molecule has 0 bridgehead atoms. The van der Waals surface area contributed by atoms with Gasteiger partial charge < -0.3 is 71.0 Å². The fourth-order valence-electron chi connectivity index (χ4n) is 7.64. The molecule has 79 heavy (non-hydrogen) atoms. The first-order valence-corrected chi connectivity index (χ1v) is 28.3. The van der Waals surface area contributed by atoms with Gasteiger partial charge in [-0.25, -0.2) is 4.99 Å². The number of rotatable bonds is 41. The summed E-state index contributed by atoms with van der Waals surface area (Å²) in [4.78, 5) is 7.27. The van der Waals surface area contributed by atoms with Crippen molar-refractivity contribution in [2.75, 3.05) is 168 Å². The highest BCUT2D eigenvalue weighted by molar-refractivity contribution is 14.1. The molecule has 1 aromatic heterocycles. The first-order valence-electron chi connectivity index (χ1n) is 26.2. The number of hydrogen-bond donors (Lipinski definition) is 0. The third-order valence-electron chi connectivity index (χ3n) is 11.8. The molecule has 1 aliphatic rings. The van der Waals surface area contributed by atoms with Crippen LogP contribution in [0.5, 0.6) is 23.0 Å². The molecule has 0 unspecified atom stereocenters. The van der Waals surface area contributed by atoms with Gasteiger partial charge in [0.15, 0.2) is 11.5 Å². The second-order valence-electron chi connectivity index (χ2n) is 17.8. The molecule has 0 amide bonds. The third kappa shape index (κ3) is 22.6. The molecular weight excluding hydrogens is 1250 g/mol. The Labute approximate surface area is 492 Å². The quantitative estimate of drug-likeness (QED) is 0.0237. The van der Waals surface area contributed by atoms with Gasteiger partial charge in [-0.1, -0.05) is 42.5 Å². The molecule has 0 N–H and O–H groups in total. The predicted octanol–water partition coefficient (Wildman–Crippen LogP) is 10.1. The lowest BCUT2D eigenvalue weighted by atomic mass is 9.94. The minimum atomic E-state index is -2.93. The number of allylic oxidation sites excluding steroid dienone is 3. The summed E-state index contributed by atoms with van der Waals surface area (Å²) in [5, 5.41) is 0. The summed E-state index contributed by atoms with van der Waals surface area (Å²) in [5.74, 6) is 2.34. The van der Waals surface area contributed by atoms with E-state index >= 15 is 8.63 Å². The van der Waals surface area contributed by atoms with Crippen LogP contribution in [0.4, 0.5) is 8.63 Å². The lowest BCUT2D eigenvalue weighted by Gasteiger charge is -2.17. The molecule has 5 rings (SSSR count). The average molecular weight is 1330 g/mol. The van der Waals surface area contributed by atoms with E-state index in [1.54, 1.807) is 39.5 Å². The zero-order valence-electron chi connectivity index (χ0n) is 46.5. The lowest BCUT2D eigenvalue weighted by molar-refractivity contribution is 0.0160. The molecule has 0 aliphatic carbocycles. The minimum Gasteiger partial charge on any atom is -0.492 e. The molecular formula is C58H76BF2I2N3O13. The summed E-state index contributed by atoms with van der Waals surface area (Å²) in [5.41, 5.74) is 6.37. The van der Waals surface area contributed by atoms with Crippen molar-refractivity contribution in [1.29, 1.82) is 0 Å². The van der Waals surface area contributed by atoms with Gasteiger partial charge in [-0.05, 0) is 150 Å². The van der Waals surface area contributed by atoms with Gasteiger partial charge in [-0.15, -0.1) is 0 Å². The van der Waals surface area contributed by atoms with Crippen LogP contribution in [0.25, 0.3) is 23.8 Å². The number of hydrogen-bond acceptors (Lipinski definition) is 15. The zero-order chi connectivity index (χ0) is 56.6. The van der Waals surface area contributed by atoms with Gasteiger partial charge in [0.05, 0.1) is 111 Å². The van der Waals surface area contributed by atoms with E-state index in [9.17, 15) is 0 Å². The van der Waals surface area contributed by atoms with Gasteiger partial charge in [0.25, 0.3) is 0 Å². The van der Waals surface area contributed by atoms with E-state index in [4.69, 9.17) is 66.6 Å². The first kappa shape index (κ1) is 65.6. The van der Waals surface area contributed by atoms with Crippen molar-refractivity contribution in [3.63, 3.8) is 0 Å². The molecule has 0 fully saturated rings. The number of benzene rings is 3. The van der Waals surface area contributed by atoms with Crippen LogP contribution in [-0.4, -0.2) is 190 Å². The van der Waals surface area contributed by atoms with E-state index in [1.165, 1.54) is 0 Å². The molecule has 0 saturated heterocycles. The molecule has 16 nitrogen and oxygen atoms in total. The Kier molecular flexibility index (Phi) is 31.3. The Hall–Kier alpha value is -4.25. The summed E-state index contributed by atoms with van der Waals surface area (Å²) in [6.45, 7) is 12.5. The van der Waals surface area contributed by atoms with Crippen molar-refractivity contribution < 1.29 is 70.2 Å². The number of methoxy groups -OCH3 is 3. The summed E-state index contributed by atoms with van der Waals surface area (Å²) in [7, 11) is 5.96. The highest BCUT2D eigenvalue weighted by atomic mass is 127. The Bertz CT molecular complexity index is 2580. The fourth-order valence-corrected chi connectivity index (χ4v) is 8.89. The van der Waals surface area contributed by atoms with Gasteiger partial charge in [-0.3, -0.25) is 8.63 Å². The normalized spacial score (nSPS) is 13.4. The highest BCUT2D eigenvalue weighted by Crippen LogP contribution is 2.43. The van der Waals surface area contributed by atoms with Crippen molar-refractivity contribution in [1.82, 2.24) is 9.38 Å². The molecule has 0 spiro atoms. The van der Waals surface area contributed by atoms with Crippen LogP contribution in [0.15, 0.2) is 92.6 Å². The van der Waals surface area contributed by atoms with E-state index in [0.717, 1.165) is 31.5 Å². The van der Waals surface area contributed by atoms with Crippen LogP contribution < -0.4 is 18.9 Å². The maximum atomic E-state index is 16.0. The van der Waals surface area contributed by atoms with Crippen LogP contribution in [0, 0.1) is 10.5 Å². The van der Waals surface area contributed by atoms with Crippen molar-refractivity contribution in [3.8, 4) is 23.0 Å². The Morgan fingerprint density at radius 3 is 1.52 bits per heavy atom. The number of aromatic nitrogens is 1. The van der Waals surface area contributed by atoms with Crippen LogP contribution >= 0.6 is 45.2 Å². The Morgan fingerprint density at radius 1 is 0.544 bits per heavy atom. The second kappa shape index (κ2) is 37.7. The number of likely N-dealkylation sites (N-methyl/N-ethyl adjacent to an activating group) is 1. The van der Waals surface area contributed by atoms with Crippen LogP contribution in [0.2, 0.25) is 0 Å². The van der Waals surface area contributed by atoms with Crippen LogP contribution in [0.1, 0.15) is 40.6 Å². The maximum Gasteiger partial charge on any atom is 0.678 e. The molecule has 1 aliphatic heterocycles. The molecule has 0 radical (unpaired) electrons. The zero-order valence-corrected chi connectivity index (χ0v) is 50.9. The smallest absolute Gasteiger partial charge is 0.492 e. The molecule has 0 atom stereocenters. The number of halogens is 4. The van der Waals surface area contributed by atoms with E-state index in [1.807, 2.05) is 101 Å². The monoisotopic (exact) mass is 1330 g/mol. The molecule has 432 valence electrons. The Balaban J connectivity index is 1.46. The molecule has 3 aromatic carbocycles. The average Bonchev–Trinajstić information content (AvgIpc) is 4.14. The van der Waals surface area contributed by atoms with Gasteiger partial charge in [0.1, 0.15) is 37.9 Å². The maximum absolute atomic E-state index is 16.0. The topological polar surface area (TPSA) is 141 Å². The second-order valence-corrected chi connectivity index (χ2v) is 20.0. The van der Waals surface area contributed by atoms with Crippen molar-refractivity contribution in [2.45, 2.75) is 13.8 Å². The molecule has 4 aromatic rings. The van der Waals surface area contributed by atoms with Gasteiger partial charge in [0.2, 0.25) is 0 Å². The van der Waals surface area contributed by atoms with Crippen molar-refractivity contribution in [3.05, 3.63) is 125 Å². The predicted molar refractivity (Wildman–Crippen MR) is 324 cm³/mol. The summed E-state index contributed by atoms with van der Waals surface area (Å²) < 4.78 is 108. The van der Waals surface area contributed by atoms with E-state index in [0.29, 0.717) is 178 Å². The number of aliphatic imine (C=N–C) groups is 1. The van der Waals surface area contributed by atoms with Gasteiger partial charge in [0, 0.05) is 52.0 Å². The SMILES string of the molecule is COCCOCCOCCOc1ccc(/C(=C2N=C(/C=C/c3ccc(OCCN(C)C)cc3)C(I)=C/2C)c2c(C)c(I)c(/C=C/c3ccc(OCCOCCOCCOC)c(OCCOCCOCCOC)c3)n2B(F)F)cc1. The number of nitrogens with zero attached hydrogens (tertiary/aromatic N) is 3. The van der Waals surface area contributed by atoms with E-state index in [2.05, 4.69) is 50.1 Å². The largest absolute Gasteiger partial charge is 0.678 e. The van der Waals surface area contributed by atoms with Gasteiger partial charge in [-0.2, -0.15) is 0 Å². The molecule has 0 saturated carbocycles. The lowest BCUT2D eigenvalue weighted by Crippen LogP contribution is -2.19. The fraction of sp³-hybridized carbons (Fsp3) is 0.466. The van der Waals surface area contributed by atoms with Gasteiger partial charge >= 0.3 is 7.40 Å². The van der Waals surface area contributed by atoms with Crippen LogP contribution in [0.3, 0.4) is 0 Å². The van der Waals surface area contributed by atoms with Crippen molar-refractivity contribution in [2.24, 2.45) is 4.99 Å². The third-order valence-corrected chi connectivity index (χ3v) is 14.5. The summed E-state index contributed by atoms with van der Waals surface area (Å²) >= 11 is 4.46. The summed E-state index contributed by atoms with van der Waals surface area (Å²) in [6.07, 6.45) is 7.45. The van der Waals surface area contributed by atoms with E-state index < -0.39 is 7.40 Å². The highest BCUT2D eigenvalue weighted by Gasteiger charge is 2.33. The number of ether oxygens (including phenoxy) is 13. The van der Waals surface area contributed by atoms with Crippen molar-refractivity contribution >= 4 is 82.1 Å². The summed E-state index contributed by atoms with van der Waals surface area (Å²) in [6, 6.07) is 20.8. The first-order chi connectivity index (χ1) is 38.5.